The Hall–Kier alpha value is -13.8. The molecule has 2 radical (unpaired) electrons. The molecule has 0 aliphatic rings. The quantitative estimate of drug-likeness (QED) is 0.0560. The molecule has 6 nitrogen and oxygen atoms in total. The largest absolute Gasteiger partial charge is 0.310 e. The van der Waals surface area contributed by atoms with Crippen LogP contribution >= 0.6 is 0 Å². The first-order valence-electron chi connectivity index (χ1n) is 35.4. The third-order valence-corrected chi connectivity index (χ3v) is 20.5. The number of imidazole rings is 1. The highest BCUT2D eigenvalue weighted by molar-refractivity contribution is 6.28. The molecule has 0 N–H and O–H groups in total. The van der Waals surface area contributed by atoms with Crippen LogP contribution in [0.4, 0.5) is 39.8 Å². The zero-order chi connectivity index (χ0) is 71.1. The SMILES string of the molecule is [2H][B].[C-]#[N+]c1ccc(N(c2ccccc2C)c2ccc3ccc4c(N(c5ccc(C#N)cc5)c5ccccc5C)ccc5ccc2c3c54)cc1.c1ccc(-n2c(-c3ccc(-c4ccc5c(-c6ccc7ccccc7c6)c6ccccc6c(-c6ccc7ccccc7c6)c5c4)cc3)nc3ccccc32)cc1. The maximum absolute atomic E-state index is 9.51. The first-order chi connectivity index (χ1) is 51.8. The van der Waals surface area contributed by atoms with E-state index in [1.807, 2.05) is 48.5 Å². The predicted octanol–water partition coefficient (Wildman–Crippen LogP) is 26.2. The van der Waals surface area contributed by atoms with E-state index in [2.05, 4.69) is 351 Å². The molecule has 0 bridgehead atoms. The second-order valence-corrected chi connectivity index (χ2v) is 26.5. The number of aryl methyl sites for hydroxylation is 2. The average molecular weight is 1330 g/mol. The van der Waals surface area contributed by atoms with Gasteiger partial charge in [0.05, 0.1) is 40.6 Å². The fourth-order valence-electron chi connectivity index (χ4n) is 15.5. The van der Waals surface area contributed by atoms with Gasteiger partial charge in [0.2, 0.25) is 0 Å². The van der Waals surface area contributed by atoms with Crippen molar-refractivity contribution in [2.24, 2.45) is 0 Å². The van der Waals surface area contributed by atoms with Gasteiger partial charge in [0, 0.05) is 53.1 Å². The summed E-state index contributed by atoms with van der Waals surface area (Å²) >= 11 is 0. The summed E-state index contributed by atoms with van der Waals surface area (Å²) in [4.78, 5) is 13.4. The van der Waals surface area contributed by atoms with Crippen molar-refractivity contribution in [2.75, 3.05) is 9.80 Å². The van der Waals surface area contributed by atoms with Crippen molar-refractivity contribution in [3.05, 3.63) is 380 Å². The number of hydrogen-bond acceptors (Lipinski definition) is 4. The lowest BCUT2D eigenvalue weighted by molar-refractivity contribution is 1.10. The molecule has 0 amide bonds. The van der Waals surface area contributed by atoms with Crippen LogP contribution in [0, 0.1) is 31.8 Å². The summed E-state index contributed by atoms with van der Waals surface area (Å²) in [7, 11) is 3.75. The van der Waals surface area contributed by atoms with E-state index in [0.29, 0.717) is 11.3 Å². The molecule has 19 rings (SSSR count). The molecule has 0 fully saturated rings. The van der Waals surface area contributed by atoms with Crippen LogP contribution in [-0.4, -0.2) is 19.3 Å². The molecule has 104 heavy (non-hydrogen) atoms. The molecule has 0 saturated heterocycles. The maximum atomic E-state index is 9.51. The molecule has 0 unspecified atom stereocenters. The third kappa shape index (κ3) is 11.1. The van der Waals surface area contributed by atoms with Crippen LogP contribution in [0.25, 0.3) is 142 Å². The van der Waals surface area contributed by atoms with Crippen LogP contribution in [-0.2, 0) is 0 Å². The number of nitrogens with zero attached hydrogens (tertiary/aromatic N) is 6. The Bertz CT molecular complexity index is 6430. The molecule has 0 saturated carbocycles. The molecular weight excluding hydrogens is 1260 g/mol. The summed E-state index contributed by atoms with van der Waals surface area (Å²) in [5.41, 5.74) is 21.5. The highest BCUT2D eigenvalue weighted by Gasteiger charge is 2.25. The minimum Gasteiger partial charge on any atom is -0.310 e. The summed E-state index contributed by atoms with van der Waals surface area (Å²) in [6.07, 6.45) is 0. The van der Waals surface area contributed by atoms with E-state index in [0.717, 1.165) is 89.7 Å². The van der Waals surface area contributed by atoms with Crippen LogP contribution in [0.2, 0.25) is 0 Å². The molecular formula is C97H65BN6. The number of benzene rings is 18. The lowest BCUT2D eigenvalue weighted by atomic mass is 9.84. The van der Waals surface area contributed by atoms with Crippen molar-refractivity contribution in [2.45, 2.75) is 13.8 Å². The fourth-order valence-corrected chi connectivity index (χ4v) is 15.5. The summed E-state index contributed by atoms with van der Waals surface area (Å²) < 4.78 is 7.51. The first kappa shape index (κ1) is 62.4. The Morgan fingerprint density at radius 3 is 1.36 bits per heavy atom. The standard InChI is InChI=1S/C53H34N2.C44H30N4.BH/c1-2-16-44(17-3-1)55-50-21-11-10-20-49(50)54-53(55)38-26-22-37(23-27-38)41-30-31-47-48(34-41)52(43-29-25-36-13-5-7-15-40(36)33-43)46-19-9-8-18-45(46)51(47)42-28-24-35-12-4-6-14-39(35)32-42;1-29-8-4-6-10-39(29)47(35-20-12-31(28-45)13-21-35)41-26-16-32-15-25-38-42(27-17-33-14-24-37(41)43(32)44(33)38)48(40-11-7-5-9-30(40)2)36-22-18-34(46-3)19-23-36;/h1-34H;4-27H,1-2H3;1H/i;;1D. The van der Waals surface area contributed by atoms with E-state index < -0.39 is 0 Å². The van der Waals surface area contributed by atoms with Crippen molar-refractivity contribution >= 4 is 135 Å². The van der Waals surface area contributed by atoms with Gasteiger partial charge in [-0.1, -0.05) is 249 Å². The van der Waals surface area contributed by atoms with Crippen LogP contribution in [0.15, 0.2) is 352 Å². The fraction of sp³-hybridized carbons (Fsp3) is 0.0206. The van der Waals surface area contributed by atoms with Crippen molar-refractivity contribution in [1.29, 1.82) is 6.60 Å². The zero-order valence-corrected chi connectivity index (χ0v) is 57.2. The van der Waals surface area contributed by atoms with E-state index in [1.54, 1.807) is 0 Å². The molecule has 1 heterocycles. The number of rotatable bonds is 11. The van der Waals surface area contributed by atoms with Gasteiger partial charge in [-0.15, -0.1) is 0 Å². The van der Waals surface area contributed by atoms with Gasteiger partial charge in [-0.05, 0) is 227 Å². The Balaban J connectivity index is 0.000000153. The van der Waals surface area contributed by atoms with Gasteiger partial charge in [0.15, 0.2) is 5.69 Å². The van der Waals surface area contributed by atoms with Gasteiger partial charge in [-0.25, -0.2) is 9.83 Å². The summed E-state index contributed by atoms with van der Waals surface area (Å²) in [5, 5.41) is 26.6. The number of anilines is 6. The average Bonchev–Trinajstić information content (AvgIpc) is 1.38. The molecule has 19 aromatic rings. The maximum Gasteiger partial charge on any atom is 0.187 e. The van der Waals surface area contributed by atoms with E-state index in [4.69, 9.17) is 12.9 Å². The molecule has 7 heteroatoms. The number of nitriles is 1. The lowest BCUT2D eigenvalue weighted by Crippen LogP contribution is -2.12. The molecule has 0 aliphatic carbocycles. The number of para-hydroxylation sites is 5. The van der Waals surface area contributed by atoms with Gasteiger partial charge < -0.3 is 9.80 Å². The van der Waals surface area contributed by atoms with Crippen molar-refractivity contribution in [1.82, 2.24) is 9.55 Å². The van der Waals surface area contributed by atoms with Gasteiger partial charge in [0.1, 0.15) is 5.82 Å². The molecule has 0 atom stereocenters. The van der Waals surface area contributed by atoms with Crippen molar-refractivity contribution in [3.8, 4) is 56.5 Å². The normalized spacial score (nSPS) is 11.3. The lowest BCUT2D eigenvalue weighted by Gasteiger charge is -2.30. The van der Waals surface area contributed by atoms with E-state index in [1.165, 1.54) is 92.5 Å². The second kappa shape index (κ2) is 26.7. The van der Waals surface area contributed by atoms with Crippen LogP contribution in [0.5, 0.6) is 0 Å². The molecule has 1 aromatic heterocycles. The molecule has 0 aliphatic heterocycles. The van der Waals surface area contributed by atoms with Crippen LogP contribution < -0.4 is 9.80 Å². The van der Waals surface area contributed by atoms with E-state index >= 15 is 0 Å². The van der Waals surface area contributed by atoms with E-state index in [9.17, 15) is 5.26 Å². The number of aromatic nitrogens is 2. The number of fused-ring (bicyclic) bond motifs is 5. The highest BCUT2D eigenvalue weighted by atomic mass is 15.2. The van der Waals surface area contributed by atoms with Crippen molar-refractivity contribution < 1.29 is 0 Å². The predicted molar refractivity (Wildman–Crippen MR) is 440 cm³/mol. The number of hydrogen-bond donors (Lipinski definition) is 0. The minimum atomic E-state index is 0.617. The smallest absolute Gasteiger partial charge is 0.187 e. The summed E-state index contributed by atoms with van der Waals surface area (Å²) in [6, 6.07) is 127. The summed E-state index contributed by atoms with van der Waals surface area (Å²) in [5.74, 6) is 0.933. The second-order valence-electron chi connectivity index (χ2n) is 26.5. The molecule has 18 aromatic carbocycles. The zero-order valence-electron chi connectivity index (χ0n) is 58.2. The monoisotopic (exact) mass is 1330 g/mol. The van der Waals surface area contributed by atoms with Crippen LogP contribution in [0.3, 0.4) is 0 Å². The van der Waals surface area contributed by atoms with Gasteiger partial charge in [-0.2, -0.15) is 5.26 Å². The molecule has 486 valence electrons. The van der Waals surface area contributed by atoms with Gasteiger partial charge >= 0.3 is 0 Å². The Kier molecular flexibility index (Phi) is 16.0. The molecule has 0 spiro atoms. The summed E-state index contributed by atoms with van der Waals surface area (Å²) in [6.45, 7) is 11.8. The van der Waals surface area contributed by atoms with Gasteiger partial charge in [0.25, 0.3) is 0 Å². The van der Waals surface area contributed by atoms with Gasteiger partial charge in [-0.3, -0.25) is 4.57 Å². The first-order valence-corrected chi connectivity index (χ1v) is 34.8. The third-order valence-electron chi connectivity index (χ3n) is 20.5. The minimum absolute atomic E-state index is 0.617. The highest BCUT2D eigenvalue weighted by Crippen LogP contribution is 2.50. The Morgan fingerprint density at radius 1 is 0.365 bits per heavy atom. The van der Waals surface area contributed by atoms with Crippen LogP contribution in [0.1, 0.15) is 16.7 Å². The van der Waals surface area contributed by atoms with E-state index in [-0.39, 0.29) is 0 Å². The Labute approximate surface area is 607 Å². The topological polar surface area (TPSA) is 52.4 Å². The Morgan fingerprint density at radius 2 is 0.798 bits per heavy atom. The van der Waals surface area contributed by atoms with Crippen molar-refractivity contribution in [3.63, 3.8) is 0 Å².